The van der Waals surface area contributed by atoms with Crippen LogP contribution in [0.5, 0.6) is 0 Å². The summed E-state index contributed by atoms with van der Waals surface area (Å²) in [5.74, 6) is 0.200. The fraction of sp³-hybridized carbons (Fsp3) is 0.261. The molecule has 0 atom stereocenters. The molecule has 3 rings (SSSR count). The van der Waals surface area contributed by atoms with Gasteiger partial charge in [-0.05, 0) is 37.1 Å². The van der Waals surface area contributed by atoms with Gasteiger partial charge in [-0.1, -0.05) is 53.7 Å². The number of nitrogens with zero attached hydrogens (tertiary/aromatic N) is 3. The molecule has 0 saturated heterocycles. The van der Waals surface area contributed by atoms with E-state index < -0.39 is 0 Å². The molecule has 0 radical (unpaired) electrons. The van der Waals surface area contributed by atoms with Crippen molar-refractivity contribution in [2.24, 2.45) is 0 Å². The highest BCUT2D eigenvalue weighted by Crippen LogP contribution is 2.19. The maximum atomic E-state index is 12.8. The summed E-state index contributed by atoms with van der Waals surface area (Å²) in [4.78, 5) is 31.8. The van der Waals surface area contributed by atoms with Crippen molar-refractivity contribution in [1.82, 2.24) is 14.5 Å². The van der Waals surface area contributed by atoms with Crippen LogP contribution in [-0.2, 0) is 17.9 Å². The molecule has 5 nitrogen and oxygen atoms in total. The topological polar surface area (TPSA) is 55.2 Å². The van der Waals surface area contributed by atoms with Crippen molar-refractivity contribution in [2.45, 2.75) is 32.1 Å². The molecule has 0 bridgehead atoms. The van der Waals surface area contributed by atoms with Crippen molar-refractivity contribution in [3.63, 3.8) is 0 Å². The number of carbonyl (C=O) groups is 1. The van der Waals surface area contributed by atoms with Gasteiger partial charge in [0.05, 0.1) is 16.7 Å². The normalized spacial score (nSPS) is 10.9. The highest BCUT2D eigenvalue weighted by atomic mass is 32.2. The van der Waals surface area contributed by atoms with E-state index in [0.29, 0.717) is 29.1 Å². The van der Waals surface area contributed by atoms with Gasteiger partial charge in [0.15, 0.2) is 5.16 Å². The minimum Gasteiger partial charge on any atom is -0.341 e. The summed E-state index contributed by atoms with van der Waals surface area (Å²) in [6.45, 7) is 8.75. The van der Waals surface area contributed by atoms with Crippen molar-refractivity contribution in [2.75, 3.05) is 12.8 Å². The third-order valence-corrected chi connectivity index (χ3v) is 5.76. The van der Waals surface area contributed by atoms with Crippen LogP contribution in [0.25, 0.3) is 10.9 Å². The summed E-state index contributed by atoms with van der Waals surface area (Å²) in [7, 11) is 1.80. The Morgan fingerprint density at radius 3 is 2.72 bits per heavy atom. The number of aryl methyl sites for hydroxylation is 2. The van der Waals surface area contributed by atoms with Gasteiger partial charge in [-0.15, -0.1) is 6.58 Å². The molecular weight excluding hydrogens is 382 g/mol. The van der Waals surface area contributed by atoms with Crippen LogP contribution in [0.2, 0.25) is 0 Å². The smallest absolute Gasteiger partial charge is 0.262 e. The molecule has 0 saturated carbocycles. The predicted octanol–water partition coefficient (Wildman–Crippen LogP) is 3.95. The summed E-state index contributed by atoms with van der Waals surface area (Å²) in [6.07, 6.45) is 1.66. The third kappa shape index (κ3) is 4.77. The molecule has 1 aromatic heterocycles. The molecule has 0 spiro atoms. The number of para-hydroxylation sites is 1. The highest BCUT2D eigenvalue weighted by molar-refractivity contribution is 7.99. The van der Waals surface area contributed by atoms with Crippen LogP contribution in [0.3, 0.4) is 0 Å². The van der Waals surface area contributed by atoms with Crippen molar-refractivity contribution in [3.8, 4) is 0 Å². The lowest BCUT2D eigenvalue weighted by atomic mass is 10.1. The van der Waals surface area contributed by atoms with Crippen molar-refractivity contribution < 1.29 is 4.79 Å². The number of rotatable bonds is 7. The van der Waals surface area contributed by atoms with Crippen molar-refractivity contribution in [3.05, 3.63) is 82.2 Å². The molecule has 0 aliphatic carbocycles. The zero-order chi connectivity index (χ0) is 21.0. The SMILES string of the molecule is C=CCn1c(SCC(=O)N(C)Cc2ccc(C)cc2C)nc2ccccc2c1=O. The summed E-state index contributed by atoms with van der Waals surface area (Å²) in [5, 5.41) is 1.10. The number of hydrogen-bond acceptors (Lipinski definition) is 4. The lowest BCUT2D eigenvalue weighted by Crippen LogP contribution is -2.29. The third-order valence-electron chi connectivity index (χ3n) is 4.79. The summed E-state index contributed by atoms with van der Waals surface area (Å²) >= 11 is 1.28. The van der Waals surface area contributed by atoms with E-state index >= 15 is 0 Å². The van der Waals surface area contributed by atoms with Gasteiger partial charge in [-0.3, -0.25) is 14.2 Å². The Hall–Kier alpha value is -2.86. The molecule has 150 valence electrons. The number of aromatic nitrogens is 2. The maximum absolute atomic E-state index is 12.8. The van der Waals surface area contributed by atoms with Crippen LogP contribution in [0.4, 0.5) is 0 Å². The van der Waals surface area contributed by atoms with Crippen LogP contribution < -0.4 is 5.56 Å². The molecule has 0 N–H and O–H groups in total. The van der Waals surface area contributed by atoms with E-state index in [2.05, 4.69) is 43.6 Å². The Morgan fingerprint density at radius 2 is 2.00 bits per heavy atom. The number of fused-ring (bicyclic) bond motifs is 1. The Bertz CT molecular complexity index is 1120. The molecule has 6 heteroatoms. The molecule has 0 aliphatic heterocycles. The molecule has 0 aliphatic rings. The predicted molar refractivity (Wildman–Crippen MR) is 119 cm³/mol. The fourth-order valence-electron chi connectivity index (χ4n) is 3.15. The molecule has 0 unspecified atom stereocenters. The van der Waals surface area contributed by atoms with Gasteiger partial charge in [0.1, 0.15) is 0 Å². The van der Waals surface area contributed by atoms with Crippen LogP contribution in [0, 0.1) is 13.8 Å². The average Bonchev–Trinajstić information content (AvgIpc) is 2.70. The van der Waals surface area contributed by atoms with Crippen molar-refractivity contribution in [1.29, 1.82) is 0 Å². The lowest BCUT2D eigenvalue weighted by Gasteiger charge is -2.19. The Morgan fingerprint density at radius 1 is 1.24 bits per heavy atom. The van der Waals surface area contributed by atoms with E-state index in [1.54, 1.807) is 28.7 Å². The molecule has 0 fully saturated rings. The molecule has 1 amide bonds. The zero-order valence-electron chi connectivity index (χ0n) is 17.0. The lowest BCUT2D eigenvalue weighted by molar-refractivity contribution is -0.127. The van der Waals surface area contributed by atoms with Gasteiger partial charge in [0.25, 0.3) is 5.56 Å². The second-order valence-corrected chi connectivity index (χ2v) is 8.03. The van der Waals surface area contributed by atoms with Crippen LogP contribution >= 0.6 is 11.8 Å². The first-order valence-electron chi connectivity index (χ1n) is 9.44. The first kappa shape index (κ1) is 20.9. The highest BCUT2D eigenvalue weighted by Gasteiger charge is 2.15. The first-order chi connectivity index (χ1) is 13.9. The Balaban J connectivity index is 1.77. The second kappa shape index (κ2) is 9.09. The minimum atomic E-state index is -0.117. The fourth-order valence-corrected chi connectivity index (χ4v) is 4.10. The van der Waals surface area contributed by atoms with E-state index in [-0.39, 0.29) is 17.2 Å². The summed E-state index contributed by atoms with van der Waals surface area (Å²) in [5.41, 5.74) is 4.03. The zero-order valence-corrected chi connectivity index (χ0v) is 17.8. The van der Waals surface area contributed by atoms with E-state index in [0.717, 1.165) is 5.56 Å². The maximum Gasteiger partial charge on any atom is 0.262 e. The van der Waals surface area contributed by atoms with E-state index in [4.69, 9.17) is 0 Å². The van der Waals surface area contributed by atoms with Gasteiger partial charge >= 0.3 is 0 Å². The van der Waals surface area contributed by atoms with Gasteiger partial charge in [-0.2, -0.15) is 0 Å². The molecule has 3 aromatic rings. The minimum absolute atomic E-state index is 0.0115. The van der Waals surface area contributed by atoms with Gasteiger partial charge < -0.3 is 4.90 Å². The standard InChI is InChI=1S/C23H25N3O2S/c1-5-12-26-22(28)19-8-6-7-9-20(19)24-23(26)29-15-21(27)25(4)14-18-11-10-16(2)13-17(18)3/h5-11,13H,1,12,14-15H2,2-4H3. The van der Waals surface area contributed by atoms with E-state index in [9.17, 15) is 9.59 Å². The largest absolute Gasteiger partial charge is 0.341 e. The monoisotopic (exact) mass is 407 g/mol. The number of benzene rings is 2. The van der Waals surface area contributed by atoms with Crippen LogP contribution in [-0.4, -0.2) is 33.2 Å². The molecule has 1 heterocycles. The quantitative estimate of drug-likeness (QED) is 0.338. The average molecular weight is 408 g/mol. The van der Waals surface area contributed by atoms with E-state index in [1.807, 2.05) is 18.2 Å². The molecule has 2 aromatic carbocycles. The number of carbonyl (C=O) groups excluding carboxylic acids is 1. The number of allylic oxidation sites excluding steroid dienone is 1. The molecule has 29 heavy (non-hydrogen) atoms. The number of thioether (sulfide) groups is 1. The first-order valence-corrected chi connectivity index (χ1v) is 10.4. The number of hydrogen-bond donors (Lipinski definition) is 0. The van der Waals surface area contributed by atoms with Crippen molar-refractivity contribution >= 4 is 28.6 Å². The van der Waals surface area contributed by atoms with E-state index in [1.165, 1.54) is 22.9 Å². The van der Waals surface area contributed by atoms with Crippen LogP contribution in [0.15, 0.2) is 65.1 Å². The Labute approximate surface area is 175 Å². The summed E-state index contributed by atoms with van der Waals surface area (Å²) in [6, 6.07) is 13.5. The van der Waals surface area contributed by atoms with Gasteiger partial charge in [-0.25, -0.2) is 4.98 Å². The Kier molecular flexibility index (Phi) is 6.54. The van der Waals surface area contributed by atoms with Gasteiger partial charge in [0.2, 0.25) is 5.91 Å². The molecular formula is C23H25N3O2S. The van der Waals surface area contributed by atoms with Gasteiger partial charge in [0, 0.05) is 20.1 Å². The van der Waals surface area contributed by atoms with Crippen LogP contribution in [0.1, 0.15) is 16.7 Å². The second-order valence-electron chi connectivity index (χ2n) is 7.08. The number of amides is 1. The summed E-state index contributed by atoms with van der Waals surface area (Å²) < 4.78 is 1.57.